The average Bonchev–Trinajstić information content (AvgIpc) is 2.71. The van der Waals surface area contributed by atoms with E-state index >= 15 is 0 Å². The maximum absolute atomic E-state index is 12.0. The number of ketones is 1. The van der Waals surface area contributed by atoms with Crippen LogP contribution in [0.2, 0.25) is 0 Å². The zero-order valence-corrected chi connectivity index (χ0v) is 9.92. The summed E-state index contributed by atoms with van der Waals surface area (Å²) in [5.74, 6) is 1.27. The van der Waals surface area contributed by atoms with Crippen LogP contribution in [0.25, 0.3) is 0 Å². The minimum Gasteiger partial charge on any atom is -0.466 e. The van der Waals surface area contributed by atoms with Crippen molar-refractivity contribution in [2.24, 2.45) is 0 Å². The van der Waals surface area contributed by atoms with Gasteiger partial charge in [0.1, 0.15) is 11.5 Å². The van der Waals surface area contributed by atoms with Crippen LogP contribution < -0.4 is 0 Å². The van der Waals surface area contributed by atoms with E-state index in [-0.39, 0.29) is 5.78 Å². The molecule has 0 N–H and O–H groups in total. The van der Waals surface area contributed by atoms with E-state index in [1.807, 2.05) is 6.92 Å². The summed E-state index contributed by atoms with van der Waals surface area (Å²) in [5, 5.41) is 0. The Morgan fingerprint density at radius 3 is 2.53 bits per heavy atom. The molecule has 0 aliphatic carbocycles. The van der Waals surface area contributed by atoms with Gasteiger partial charge < -0.3 is 8.83 Å². The zero-order valence-electron chi connectivity index (χ0n) is 8.33. The van der Waals surface area contributed by atoms with Crippen molar-refractivity contribution in [1.29, 1.82) is 0 Å². The van der Waals surface area contributed by atoms with E-state index in [9.17, 15) is 4.79 Å². The Morgan fingerprint density at radius 1 is 1.33 bits per heavy atom. The van der Waals surface area contributed by atoms with Crippen LogP contribution in [0.3, 0.4) is 0 Å². The first-order chi connectivity index (χ1) is 7.09. The molecule has 3 nitrogen and oxygen atoms in total. The highest BCUT2D eigenvalue weighted by Crippen LogP contribution is 2.24. The molecule has 0 fully saturated rings. The smallest absolute Gasteiger partial charge is 0.200 e. The SMILES string of the molecule is Cc1cc(C(=O)c2ccoc2Br)c(C)o1. The van der Waals surface area contributed by atoms with Gasteiger partial charge in [0.05, 0.1) is 17.4 Å². The molecule has 2 rings (SSSR count). The summed E-state index contributed by atoms with van der Waals surface area (Å²) >= 11 is 3.18. The molecule has 2 heterocycles. The summed E-state index contributed by atoms with van der Waals surface area (Å²) < 4.78 is 10.8. The Kier molecular flexibility index (Phi) is 2.52. The van der Waals surface area contributed by atoms with E-state index in [2.05, 4.69) is 15.9 Å². The Morgan fingerprint density at radius 2 is 2.07 bits per heavy atom. The lowest BCUT2D eigenvalue weighted by molar-refractivity contribution is 0.103. The predicted molar refractivity (Wildman–Crippen MR) is 58.0 cm³/mol. The van der Waals surface area contributed by atoms with Gasteiger partial charge in [0, 0.05) is 0 Å². The standard InChI is InChI=1S/C11H9BrO3/c1-6-5-9(7(2)15-6)10(13)8-3-4-14-11(8)12/h3-5H,1-2H3. The fourth-order valence-corrected chi connectivity index (χ4v) is 1.88. The fraction of sp³-hybridized carbons (Fsp3) is 0.182. The number of aryl methyl sites for hydroxylation is 2. The van der Waals surface area contributed by atoms with Crippen molar-refractivity contribution >= 4 is 21.7 Å². The Bertz CT molecular complexity index is 508. The molecular formula is C11H9BrO3. The first kappa shape index (κ1) is 10.2. The van der Waals surface area contributed by atoms with Crippen molar-refractivity contribution in [3.63, 3.8) is 0 Å². The van der Waals surface area contributed by atoms with Crippen molar-refractivity contribution < 1.29 is 13.6 Å². The average molecular weight is 269 g/mol. The summed E-state index contributed by atoms with van der Waals surface area (Å²) in [6.07, 6.45) is 1.47. The monoisotopic (exact) mass is 268 g/mol. The quantitative estimate of drug-likeness (QED) is 0.784. The van der Waals surface area contributed by atoms with Crippen LogP contribution in [0.15, 0.2) is 31.9 Å². The molecule has 4 heteroatoms. The number of furan rings is 2. The van der Waals surface area contributed by atoms with E-state index < -0.39 is 0 Å². The molecule has 15 heavy (non-hydrogen) atoms. The minimum atomic E-state index is -0.0926. The number of halogens is 1. The second-order valence-corrected chi connectivity index (χ2v) is 3.98. The zero-order chi connectivity index (χ0) is 11.0. The normalized spacial score (nSPS) is 10.6. The van der Waals surface area contributed by atoms with Gasteiger partial charge in [-0.3, -0.25) is 4.79 Å². The number of carbonyl (C=O) groups excluding carboxylic acids is 1. The van der Waals surface area contributed by atoms with Crippen LogP contribution in [0, 0.1) is 13.8 Å². The van der Waals surface area contributed by atoms with Crippen molar-refractivity contribution in [1.82, 2.24) is 0 Å². The van der Waals surface area contributed by atoms with Crippen LogP contribution in [0.5, 0.6) is 0 Å². The molecule has 0 radical (unpaired) electrons. The topological polar surface area (TPSA) is 43.4 Å². The third-order valence-corrected chi connectivity index (χ3v) is 2.76. The molecule has 0 saturated heterocycles. The summed E-state index contributed by atoms with van der Waals surface area (Å²) in [7, 11) is 0. The molecule has 0 aliphatic rings. The van der Waals surface area contributed by atoms with Crippen molar-refractivity contribution in [3.05, 3.63) is 45.7 Å². The molecule has 0 unspecified atom stereocenters. The summed E-state index contributed by atoms with van der Waals surface area (Å²) in [6, 6.07) is 3.37. The third-order valence-electron chi connectivity index (χ3n) is 2.15. The minimum absolute atomic E-state index is 0.0926. The molecule has 0 aromatic carbocycles. The maximum Gasteiger partial charge on any atom is 0.200 e. The molecule has 0 bridgehead atoms. The van der Waals surface area contributed by atoms with Gasteiger partial charge in [-0.1, -0.05) is 0 Å². The highest BCUT2D eigenvalue weighted by Gasteiger charge is 2.19. The number of hydrogen-bond donors (Lipinski definition) is 0. The molecule has 2 aromatic heterocycles. The number of hydrogen-bond acceptors (Lipinski definition) is 3. The fourth-order valence-electron chi connectivity index (χ4n) is 1.46. The predicted octanol–water partition coefficient (Wildman–Crippen LogP) is 3.48. The lowest BCUT2D eigenvalue weighted by Gasteiger charge is -1.95. The van der Waals surface area contributed by atoms with E-state index in [1.54, 1.807) is 19.1 Å². The van der Waals surface area contributed by atoms with Gasteiger partial charge in [0.25, 0.3) is 0 Å². The summed E-state index contributed by atoms with van der Waals surface area (Å²) in [6.45, 7) is 3.59. The van der Waals surface area contributed by atoms with Crippen LogP contribution in [-0.2, 0) is 0 Å². The van der Waals surface area contributed by atoms with Crippen molar-refractivity contribution in [2.45, 2.75) is 13.8 Å². The van der Waals surface area contributed by atoms with Crippen molar-refractivity contribution in [3.8, 4) is 0 Å². The van der Waals surface area contributed by atoms with E-state index in [4.69, 9.17) is 8.83 Å². The van der Waals surface area contributed by atoms with E-state index in [1.165, 1.54) is 6.26 Å². The van der Waals surface area contributed by atoms with Crippen LogP contribution in [-0.4, -0.2) is 5.78 Å². The van der Waals surface area contributed by atoms with Crippen LogP contribution in [0.1, 0.15) is 27.4 Å². The van der Waals surface area contributed by atoms with Gasteiger partial charge in [0.15, 0.2) is 4.67 Å². The Balaban J connectivity index is 2.45. The van der Waals surface area contributed by atoms with E-state index in [0.717, 1.165) is 5.76 Å². The second-order valence-electron chi connectivity index (χ2n) is 3.26. The second kappa shape index (κ2) is 3.70. The highest BCUT2D eigenvalue weighted by atomic mass is 79.9. The van der Waals surface area contributed by atoms with Gasteiger partial charge in [-0.25, -0.2) is 0 Å². The molecule has 0 atom stereocenters. The lowest BCUT2D eigenvalue weighted by Crippen LogP contribution is -2.00. The maximum atomic E-state index is 12.0. The van der Waals surface area contributed by atoms with Crippen LogP contribution >= 0.6 is 15.9 Å². The molecule has 0 amide bonds. The molecule has 2 aromatic rings. The molecular weight excluding hydrogens is 260 g/mol. The summed E-state index contributed by atoms with van der Waals surface area (Å²) in [4.78, 5) is 12.0. The largest absolute Gasteiger partial charge is 0.466 e. The first-order valence-electron chi connectivity index (χ1n) is 4.44. The van der Waals surface area contributed by atoms with E-state index in [0.29, 0.717) is 21.6 Å². The van der Waals surface area contributed by atoms with Crippen molar-refractivity contribution in [2.75, 3.05) is 0 Å². The van der Waals surface area contributed by atoms with Crippen LogP contribution in [0.4, 0.5) is 0 Å². The van der Waals surface area contributed by atoms with Gasteiger partial charge in [-0.2, -0.15) is 0 Å². The van der Waals surface area contributed by atoms with Gasteiger partial charge in [-0.05, 0) is 41.9 Å². The van der Waals surface area contributed by atoms with Gasteiger partial charge in [-0.15, -0.1) is 0 Å². The number of rotatable bonds is 2. The number of carbonyl (C=O) groups is 1. The third kappa shape index (κ3) is 1.77. The first-order valence-corrected chi connectivity index (χ1v) is 5.23. The molecule has 0 saturated carbocycles. The van der Waals surface area contributed by atoms with Gasteiger partial charge in [0.2, 0.25) is 5.78 Å². The Labute approximate surface area is 95.2 Å². The Hall–Kier alpha value is -1.29. The highest BCUT2D eigenvalue weighted by molar-refractivity contribution is 9.10. The molecule has 0 spiro atoms. The summed E-state index contributed by atoms with van der Waals surface area (Å²) in [5.41, 5.74) is 1.09. The lowest BCUT2D eigenvalue weighted by atomic mass is 10.1. The van der Waals surface area contributed by atoms with Gasteiger partial charge >= 0.3 is 0 Å². The molecule has 78 valence electrons. The molecule has 0 aliphatic heterocycles.